The van der Waals surface area contributed by atoms with Crippen molar-refractivity contribution < 1.29 is 19.1 Å². The van der Waals surface area contributed by atoms with Crippen LogP contribution in [0, 0.1) is 13.8 Å². The Kier molecular flexibility index (Phi) is 8.69. The number of aryl methyl sites for hydroxylation is 2. The highest BCUT2D eigenvalue weighted by atomic mass is 16.5. The Morgan fingerprint density at radius 1 is 0.886 bits per heavy atom. The molecule has 3 aromatic rings. The molecule has 0 fully saturated rings. The zero-order valence-corrected chi connectivity index (χ0v) is 21.3. The number of carbonyl (C=O) groups excluding carboxylic acids is 2. The summed E-state index contributed by atoms with van der Waals surface area (Å²) in [5, 5.41) is 2.91. The predicted molar refractivity (Wildman–Crippen MR) is 140 cm³/mol. The molecule has 0 aromatic heterocycles. The maximum absolute atomic E-state index is 12.5. The van der Waals surface area contributed by atoms with Crippen molar-refractivity contribution in [3.63, 3.8) is 0 Å². The van der Waals surface area contributed by atoms with Crippen molar-refractivity contribution in [3.8, 4) is 11.5 Å². The van der Waals surface area contributed by atoms with E-state index in [9.17, 15) is 9.59 Å². The molecule has 0 aliphatic rings. The van der Waals surface area contributed by atoms with Gasteiger partial charge in [-0.25, -0.2) is 0 Å². The molecule has 3 aromatic carbocycles. The lowest BCUT2D eigenvalue weighted by molar-refractivity contribution is -0.134. The highest BCUT2D eigenvalue weighted by molar-refractivity contribution is 6.04. The zero-order valence-electron chi connectivity index (χ0n) is 21.3. The summed E-state index contributed by atoms with van der Waals surface area (Å²) in [6.45, 7) is 11.0. The second-order valence-electron chi connectivity index (χ2n) is 9.48. The summed E-state index contributed by atoms with van der Waals surface area (Å²) < 4.78 is 11.2. The van der Waals surface area contributed by atoms with Gasteiger partial charge in [-0.2, -0.15) is 0 Å². The lowest BCUT2D eigenvalue weighted by Crippen LogP contribution is -2.15. The summed E-state index contributed by atoms with van der Waals surface area (Å²) in [4.78, 5) is 24.7. The van der Waals surface area contributed by atoms with Crippen molar-refractivity contribution in [2.24, 2.45) is 0 Å². The van der Waals surface area contributed by atoms with Gasteiger partial charge in [0.1, 0.15) is 11.5 Å². The van der Waals surface area contributed by atoms with E-state index >= 15 is 0 Å². The molecule has 1 N–H and O–H groups in total. The van der Waals surface area contributed by atoms with Crippen LogP contribution in [0.1, 0.15) is 67.1 Å². The molecule has 5 heteroatoms. The van der Waals surface area contributed by atoms with E-state index in [1.54, 1.807) is 24.3 Å². The number of amides is 1. The Morgan fingerprint density at radius 2 is 1.54 bits per heavy atom. The fraction of sp³-hybridized carbons (Fsp3) is 0.333. The molecular weight excluding hydrogens is 438 g/mol. The highest BCUT2D eigenvalue weighted by Crippen LogP contribution is 2.28. The third kappa shape index (κ3) is 7.44. The number of hydrogen-bond acceptors (Lipinski definition) is 4. The Hall–Kier alpha value is -3.60. The normalized spacial score (nSPS) is 11.1. The molecule has 0 bridgehead atoms. The van der Waals surface area contributed by atoms with Crippen LogP contribution in [-0.4, -0.2) is 18.5 Å². The van der Waals surface area contributed by atoms with E-state index < -0.39 is 0 Å². The molecule has 35 heavy (non-hydrogen) atoms. The minimum Gasteiger partial charge on any atom is -0.494 e. The number of rotatable bonds is 10. The van der Waals surface area contributed by atoms with E-state index in [1.165, 1.54) is 5.56 Å². The molecule has 0 aliphatic carbocycles. The quantitative estimate of drug-likeness (QED) is 0.195. The molecule has 5 nitrogen and oxygen atoms in total. The molecule has 0 heterocycles. The molecule has 0 aliphatic heterocycles. The Bertz CT molecular complexity index is 1150. The summed E-state index contributed by atoms with van der Waals surface area (Å²) >= 11 is 0. The number of ether oxygens (including phenoxy) is 2. The largest absolute Gasteiger partial charge is 0.494 e. The van der Waals surface area contributed by atoms with Crippen LogP contribution in [0.3, 0.4) is 0 Å². The van der Waals surface area contributed by atoms with Gasteiger partial charge in [0.15, 0.2) is 0 Å². The molecule has 0 saturated heterocycles. The number of nitrogens with one attached hydrogen (secondary N) is 1. The van der Waals surface area contributed by atoms with Gasteiger partial charge in [-0.3, -0.25) is 9.59 Å². The molecule has 0 spiro atoms. The first kappa shape index (κ1) is 26.0. The maximum atomic E-state index is 12.5. The van der Waals surface area contributed by atoms with E-state index in [1.807, 2.05) is 44.2 Å². The first-order valence-electron chi connectivity index (χ1n) is 12.1. The van der Waals surface area contributed by atoms with Crippen LogP contribution >= 0.6 is 0 Å². The van der Waals surface area contributed by atoms with E-state index in [-0.39, 0.29) is 23.7 Å². The number of benzene rings is 3. The van der Waals surface area contributed by atoms with Crippen molar-refractivity contribution in [1.82, 2.24) is 0 Å². The Labute approximate surface area is 208 Å². The number of hydrogen-bond donors (Lipinski definition) is 1. The standard InChI is InChI=1S/C30H35NO4/c1-6-30(4,5)24-12-16-25(17-13-24)34-19-7-8-28(32)35-26-14-10-23(11-15-26)29(33)31-27-18-9-21(2)20-22(27)3/h9-18,20H,6-8,19H2,1-5H3,(H,31,33). The average molecular weight is 474 g/mol. The van der Waals surface area contributed by atoms with Gasteiger partial charge in [0, 0.05) is 17.7 Å². The summed E-state index contributed by atoms with van der Waals surface area (Å²) in [5.74, 6) is 0.663. The van der Waals surface area contributed by atoms with Crippen molar-refractivity contribution in [1.29, 1.82) is 0 Å². The van der Waals surface area contributed by atoms with Crippen molar-refractivity contribution in [2.75, 3.05) is 11.9 Å². The highest BCUT2D eigenvalue weighted by Gasteiger charge is 2.17. The third-order valence-corrected chi connectivity index (χ3v) is 6.29. The summed E-state index contributed by atoms with van der Waals surface area (Å²) in [6.07, 6.45) is 1.87. The summed E-state index contributed by atoms with van der Waals surface area (Å²) in [7, 11) is 0. The number of carbonyl (C=O) groups is 2. The van der Waals surface area contributed by atoms with Gasteiger partial charge in [0.2, 0.25) is 0 Å². The number of esters is 1. The van der Waals surface area contributed by atoms with Gasteiger partial charge in [-0.05, 0) is 85.7 Å². The van der Waals surface area contributed by atoms with Crippen LogP contribution in [0.2, 0.25) is 0 Å². The van der Waals surface area contributed by atoms with Crippen molar-refractivity contribution in [2.45, 2.75) is 59.3 Å². The van der Waals surface area contributed by atoms with E-state index in [4.69, 9.17) is 9.47 Å². The van der Waals surface area contributed by atoms with Crippen LogP contribution < -0.4 is 14.8 Å². The van der Waals surface area contributed by atoms with Crippen molar-refractivity contribution in [3.05, 3.63) is 89.0 Å². The minimum absolute atomic E-state index is 0.143. The van der Waals surface area contributed by atoms with Crippen LogP contribution in [0.5, 0.6) is 11.5 Å². The summed E-state index contributed by atoms with van der Waals surface area (Å²) in [5.41, 5.74) is 4.84. The molecule has 0 atom stereocenters. The first-order valence-corrected chi connectivity index (χ1v) is 12.1. The molecule has 184 valence electrons. The van der Waals surface area contributed by atoms with Gasteiger partial charge in [0.05, 0.1) is 6.61 Å². The smallest absolute Gasteiger partial charge is 0.311 e. The van der Waals surface area contributed by atoms with Crippen LogP contribution in [0.15, 0.2) is 66.7 Å². The molecule has 3 rings (SSSR count). The van der Waals surface area contributed by atoms with E-state index in [2.05, 4.69) is 38.2 Å². The van der Waals surface area contributed by atoms with Crippen LogP contribution in [-0.2, 0) is 10.2 Å². The molecule has 0 radical (unpaired) electrons. The number of anilines is 1. The Morgan fingerprint density at radius 3 is 2.17 bits per heavy atom. The molecular formula is C30H35NO4. The fourth-order valence-corrected chi connectivity index (χ4v) is 3.62. The maximum Gasteiger partial charge on any atom is 0.311 e. The lowest BCUT2D eigenvalue weighted by atomic mass is 9.82. The topological polar surface area (TPSA) is 64.6 Å². The second kappa shape index (κ2) is 11.7. The van der Waals surface area contributed by atoms with Gasteiger partial charge < -0.3 is 14.8 Å². The molecule has 0 unspecified atom stereocenters. The van der Waals surface area contributed by atoms with Crippen LogP contribution in [0.25, 0.3) is 0 Å². The Balaban J connectivity index is 1.42. The average Bonchev–Trinajstić information content (AvgIpc) is 2.84. The van der Waals surface area contributed by atoms with Gasteiger partial charge >= 0.3 is 5.97 Å². The van der Waals surface area contributed by atoms with Gasteiger partial charge in [-0.1, -0.05) is 50.6 Å². The van der Waals surface area contributed by atoms with Gasteiger partial charge in [-0.15, -0.1) is 0 Å². The fourth-order valence-electron chi connectivity index (χ4n) is 3.62. The van der Waals surface area contributed by atoms with Crippen molar-refractivity contribution >= 4 is 17.6 Å². The van der Waals surface area contributed by atoms with E-state index in [0.717, 1.165) is 29.0 Å². The monoisotopic (exact) mass is 473 g/mol. The third-order valence-electron chi connectivity index (χ3n) is 6.29. The zero-order chi connectivity index (χ0) is 25.4. The molecule has 1 amide bonds. The SMILES string of the molecule is CCC(C)(C)c1ccc(OCCCC(=O)Oc2ccc(C(=O)Nc3ccc(C)cc3C)cc2)cc1. The minimum atomic E-state index is -0.332. The second-order valence-corrected chi connectivity index (χ2v) is 9.48. The molecule has 0 saturated carbocycles. The van der Waals surface area contributed by atoms with E-state index in [0.29, 0.717) is 24.3 Å². The van der Waals surface area contributed by atoms with Gasteiger partial charge in [0.25, 0.3) is 5.91 Å². The van der Waals surface area contributed by atoms with Crippen LogP contribution in [0.4, 0.5) is 5.69 Å². The predicted octanol–water partition coefficient (Wildman–Crippen LogP) is 7.01. The first-order chi connectivity index (χ1) is 16.7. The summed E-state index contributed by atoms with van der Waals surface area (Å²) in [6, 6.07) is 20.6. The lowest BCUT2D eigenvalue weighted by Gasteiger charge is -2.23.